The number of aromatic nitrogens is 1. The van der Waals surface area contributed by atoms with Gasteiger partial charge in [-0.2, -0.15) is 0 Å². The maximum absolute atomic E-state index is 4.42. The number of halogens is 1. The summed E-state index contributed by atoms with van der Waals surface area (Å²) in [6.07, 6.45) is 7.08. The Morgan fingerprint density at radius 1 is 1.53 bits per heavy atom. The van der Waals surface area contributed by atoms with Crippen molar-refractivity contribution in [3.8, 4) is 0 Å². The second-order valence-electron chi connectivity index (χ2n) is 4.26. The van der Waals surface area contributed by atoms with Crippen LogP contribution < -0.4 is 5.32 Å². The highest BCUT2D eigenvalue weighted by Crippen LogP contribution is 2.30. The van der Waals surface area contributed by atoms with E-state index in [1.54, 1.807) is 0 Å². The average Bonchev–Trinajstić information content (AvgIpc) is 2.17. The summed E-state index contributed by atoms with van der Waals surface area (Å²) in [5.41, 5.74) is 1.18. The molecule has 0 bridgehead atoms. The molecule has 0 aliphatic heterocycles. The predicted octanol–water partition coefficient (Wildman–Crippen LogP) is 2.77. The molecule has 1 fully saturated rings. The summed E-state index contributed by atoms with van der Waals surface area (Å²) >= 11 is 3.40. The number of likely N-dealkylation sites (N-methyl/N-ethyl adjacent to an activating group) is 1. The van der Waals surface area contributed by atoms with Gasteiger partial charge in [0.25, 0.3) is 0 Å². The van der Waals surface area contributed by atoms with E-state index in [-0.39, 0.29) is 0 Å². The SMILES string of the molecule is CNC(Cc1ccc(Br)cn1)C1CCC1. The van der Waals surface area contributed by atoms with Crippen LogP contribution in [0.1, 0.15) is 25.0 Å². The summed E-state index contributed by atoms with van der Waals surface area (Å²) < 4.78 is 1.05. The molecular weight excluding hydrogens is 252 g/mol. The Morgan fingerprint density at radius 3 is 2.80 bits per heavy atom. The molecular formula is C12H17BrN2. The van der Waals surface area contributed by atoms with E-state index in [9.17, 15) is 0 Å². The minimum absolute atomic E-state index is 0.604. The van der Waals surface area contributed by atoms with Crippen molar-refractivity contribution in [1.29, 1.82) is 0 Å². The lowest BCUT2D eigenvalue weighted by molar-refractivity contribution is 0.235. The molecule has 2 nitrogen and oxygen atoms in total. The molecule has 1 atom stereocenters. The Bertz CT molecular complexity index is 306. The van der Waals surface area contributed by atoms with Gasteiger partial charge in [-0.3, -0.25) is 4.98 Å². The van der Waals surface area contributed by atoms with Gasteiger partial charge in [0.1, 0.15) is 0 Å². The van der Waals surface area contributed by atoms with Crippen molar-refractivity contribution in [2.24, 2.45) is 5.92 Å². The second-order valence-corrected chi connectivity index (χ2v) is 5.17. The first-order valence-corrected chi connectivity index (χ1v) is 6.36. The van der Waals surface area contributed by atoms with Gasteiger partial charge in [0, 0.05) is 28.8 Å². The molecule has 1 aliphatic rings. The van der Waals surface area contributed by atoms with Crippen molar-refractivity contribution in [3.63, 3.8) is 0 Å². The predicted molar refractivity (Wildman–Crippen MR) is 65.8 cm³/mol. The summed E-state index contributed by atoms with van der Waals surface area (Å²) in [5, 5.41) is 3.42. The van der Waals surface area contributed by atoms with Crippen LogP contribution in [0.15, 0.2) is 22.8 Å². The van der Waals surface area contributed by atoms with Gasteiger partial charge in [-0.15, -0.1) is 0 Å². The third-order valence-electron chi connectivity index (χ3n) is 3.31. The lowest BCUT2D eigenvalue weighted by Gasteiger charge is -2.33. The van der Waals surface area contributed by atoms with Gasteiger partial charge >= 0.3 is 0 Å². The third kappa shape index (κ3) is 2.79. The van der Waals surface area contributed by atoms with Crippen molar-refractivity contribution in [2.45, 2.75) is 31.7 Å². The molecule has 3 heteroatoms. The number of rotatable bonds is 4. The monoisotopic (exact) mass is 268 g/mol. The van der Waals surface area contributed by atoms with Crippen molar-refractivity contribution in [3.05, 3.63) is 28.5 Å². The Balaban J connectivity index is 1.96. The van der Waals surface area contributed by atoms with E-state index < -0.39 is 0 Å². The van der Waals surface area contributed by atoms with Crippen LogP contribution in [0.2, 0.25) is 0 Å². The molecule has 1 aromatic heterocycles. The number of pyridine rings is 1. The Morgan fingerprint density at radius 2 is 2.33 bits per heavy atom. The molecule has 1 saturated carbocycles. The van der Waals surface area contributed by atoms with Gasteiger partial charge in [-0.05, 0) is 53.9 Å². The normalized spacial score (nSPS) is 18.5. The lowest BCUT2D eigenvalue weighted by atomic mass is 9.78. The molecule has 0 amide bonds. The fraction of sp³-hybridized carbons (Fsp3) is 0.583. The van der Waals surface area contributed by atoms with Gasteiger partial charge in [-0.25, -0.2) is 0 Å². The molecule has 15 heavy (non-hydrogen) atoms. The van der Waals surface area contributed by atoms with Gasteiger partial charge in [0.15, 0.2) is 0 Å². The molecule has 1 N–H and O–H groups in total. The number of nitrogens with one attached hydrogen (secondary N) is 1. The zero-order chi connectivity index (χ0) is 10.7. The molecule has 1 unspecified atom stereocenters. The lowest BCUT2D eigenvalue weighted by Crippen LogP contribution is -2.39. The van der Waals surface area contributed by atoms with Crippen LogP contribution in [-0.4, -0.2) is 18.1 Å². The van der Waals surface area contributed by atoms with Crippen LogP contribution in [0.25, 0.3) is 0 Å². The van der Waals surface area contributed by atoms with E-state index in [1.807, 2.05) is 6.20 Å². The largest absolute Gasteiger partial charge is 0.316 e. The Labute approximate surface area is 99.6 Å². The number of hydrogen-bond donors (Lipinski definition) is 1. The topological polar surface area (TPSA) is 24.9 Å². The van der Waals surface area contributed by atoms with Crippen LogP contribution in [0, 0.1) is 5.92 Å². The molecule has 82 valence electrons. The molecule has 0 saturated heterocycles. The fourth-order valence-corrected chi connectivity index (χ4v) is 2.33. The van der Waals surface area contributed by atoms with Crippen molar-refractivity contribution < 1.29 is 0 Å². The number of nitrogens with zero attached hydrogens (tertiary/aromatic N) is 1. The zero-order valence-corrected chi connectivity index (χ0v) is 10.6. The Kier molecular flexibility index (Phi) is 3.76. The maximum Gasteiger partial charge on any atom is 0.0420 e. The molecule has 0 radical (unpaired) electrons. The van der Waals surface area contributed by atoms with Crippen LogP contribution >= 0.6 is 15.9 Å². The highest BCUT2D eigenvalue weighted by molar-refractivity contribution is 9.10. The molecule has 2 rings (SSSR count). The minimum Gasteiger partial charge on any atom is -0.316 e. The smallest absolute Gasteiger partial charge is 0.0420 e. The standard InChI is InChI=1S/C12H17BrN2/c1-14-12(9-3-2-4-9)7-11-6-5-10(13)8-15-11/h5-6,8-9,12,14H,2-4,7H2,1H3. The molecule has 0 aromatic carbocycles. The van der Waals surface area contributed by atoms with E-state index in [4.69, 9.17) is 0 Å². The summed E-state index contributed by atoms with van der Waals surface area (Å²) in [4.78, 5) is 4.42. The van der Waals surface area contributed by atoms with Crippen LogP contribution in [0.4, 0.5) is 0 Å². The first-order chi connectivity index (χ1) is 7.29. The van der Waals surface area contributed by atoms with Crippen molar-refractivity contribution >= 4 is 15.9 Å². The molecule has 1 heterocycles. The third-order valence-corrected chi connectivity index (χ3v) is 3.78. The first kappa shape index (κ1) is 11.1. The van der Waals surface area contributed by atoms with Crippen LogP contribution in [-0.2, 0) is 6.42 Å². The van der Waals surface area contributed by atoms with E-state index in [2.05, 4.69) is 45.4 Å². The first-order valence-electron chi connectivity index (χ1n) is 5.57. The summed E-state index contributed by atoms with van der Waals surface area (Å²) in [6.45, 7) is 0. The zero-order valence-electron chi connectivity index (χ0n) is 9.04. The second kappa shape index (κ2) is 5.08. The Hall–Kier alpha value is -0.410. The molecule has 1 aromatic rings. The average molecular weight is 269 g/mol. The highest BCUT2D eigenvalue weighted by atomic mass is 79.9. The fourth-order valence-electron chi connectivity index (χ4n) is 2.10. The highest BCUT2D eigenvalue weighted by Gasteiger charge is 2.26. The number of hydrogen-bond acceptors (Lipinski definition) is 2. The van der Waals surface area contributed by atoms with Crippen LogP contribution in [0.3, 0.4) is 0 Å². The van der Waals surface area contributed by atoms with Gasteiger partial charge < -0.3 is 5.32 Å². The quantitative estimate of drug-likeness (QED) is 0.909. The van der Waals surface area contributed by atoms with E-state index in [0.717, 1.165) is 16.8 Å². The van der Waals surface area contributed by atoms with E-state index in [0.29, 0.717) is 6.04 Å². The van der Waals surface area contributed by atoms with Crippen molar-refractivity contribution in [1.82, 2.24) is 10.3 Å². The van der Waals surface area contributed by atoms with Gasteiger partial charge in [-0.1, -0.05) is 6.42 Å². The summed E-state index contributed by atoms with van der Waals surface area (Å²) in [5.74, 6) is 0.862. The van der Waals surface area contributed by atoms with Crippen molar-refractivity contribution in [2.75, 3.05) is 7.05 Å². The molecule has 0 spiro atoms. The van der Waals surface area contributed by atoms with Gasteiger partial charge in [0.2, 0.25) is 0 Å². The van der Waals surface area contributed by atoms with E-state index in [1.165, 1.54) is 25.0 Å². The maximum atomic E-state index is 4.42. The minimum atomic E-state index is 0.604. The van der Waals surface area contributed by atoms with Gasteiger partial charge in [0.05, 0.1) is 0 Å². The van der Waals surface area contributed by atoms with Crippen LogP contribution in [0.5, 0.6) is 0 Å². The van der Waals surface area contributed by atoms with E-state index >= 15 is 0 Å². The molecule has 1 aliphatic carbocycles. The summed E-state index contributed by atoms with van der Waals surface area (Å²) in [6, 6.07) is 4.77. The summed E-state index contributed by atoms with van der Waals surface area (Å²) in [7, 11) is 2.06.